The van der Waals surface area contributed by atoms with Gasteiger partial charge in [-0.2, -0.15) is 0 Å². The van der Waals surface area contributed by atoms with Crippen LogP contribution in [-0.4, -0.2) is 32.1 Å². The molecule has 0 saturated carbocycles. The average Bonchev–Trinajstić information content (AvgIpc) is 3.31. The maximum Gasteiger partial charge on any atom is 0.336 e. The molecule has 1 aromatic heterocycles. The normalized spacial score (nSPS) is 10.5. The third-order valence-electron chi connectivity index (χ3n) is 5.46. The van der Waals surface area contributed by atoms with E-state index in [2.05, 4.69) is 16.9 Å². The Morgan fingerprint density at radius 2 is 1.28 bits per heavy atom. The minimum atomic E-state index is -1.06. The number of H-pyrrole nitrogens is 1. The molecule has 6 heteroatoms. The topological polar surface area (TPSA) is 103 Å². The lowest BCUT2D eigenvalue weighted by atomic mass is 10.00. The number of aromatic amines is 1. The van der Waals surface area contributed by atoms with Gasteiger partial charge in [0.1, 0.15) is 5.82 Å². The summed E-state index contributed by atoms with van der Waals surface area (Å²) >= 11 is 0. The summed E-state index contributed by atoms with van der Waals surface area (Å²) in [5.74, 6) is -0.982. The van der Waals surface area contributed by atoms with Gasteiger partial charge in [-0.3, -0.25) is 0 Å². The molecular weight excluding hydrogens is 404 g/mol. The van der Waals surface area contributed by atoms with Gasteiger partial charge in [-0.15, -0.1) is 0 Å². The van der Waals surface area contributed by atoms with E-state index in [0.29, 0.717) is 10.8 Å². The van der Waals surface area contributed by atoms with Crippen LogP contribution in [-0.2, 0) is 6.42 Å². The number of nitrogens with one attached hydrogen (secondary N) is 1. The van der Waals surface area contributed by atoms with Crippen molar-refractivity contribution in [2.24, 2.45) is 0 Å². The first-order valence-electron chi connectivity index (χ1n) is 11.5. The molecule has 172 valence electrons. The van der Waals surface area contributed by atoms with Crippen molar-refractivity contribution in [2.45, 2.75) is 71.1 Å². The number of carbonyl (C=O) groups is 2. The van der Waals surface area contributed by atoms with Crippen LogP contribution in [0.1, 0.15) is 91.3 Å². The van der Waals surface area contributed by atoms with Gasteiger partial charge in [-0.1, -0.05) is 82.6 Å². The lowest BCUT2D eigenvalue weighted by molar-refractivity contribution is 0.0684. The number of fused-ring (bicyclic) bond motifs is 1. The summed E-state index contributed by atoms with van der Waals surface area (Å²) in [4.78, 5) is 29.3. The van der Waals surface area contributed by atoms with Crippen LogP contribution in [0.2, 0.25) is 0 Å². The predicted molar refractivity (Wildman–Crippen MR) is 127 cm³/mol. The molecule has 0 bridgehead atoms. The van der Waals surface area contributed by atoms with Crippen molar-refractivity contribution >= 4 is 22.7 Å². The molecule has 0 saturated heterocycles. The number of hydrogen-bond acceptors (Lipinski definition) is 3. The summed E-state index contributed by atoms with van der Waals surface area (Å²) in [6.45, 7) is 2.27. The fourth-order valence-electron chi connectivity index (χ4n) is 3.71. The summed E-state index contributed by atoms with van der Waals surface area (Å²) in [7, 11) is 0. The third kappa shape index (κ3) is 8.17. The van der Waals surface area contributed by atoms with Crippen LogP contribution in [0.3, 0.4) is 0 Å². The number of benzene rings is 2. The Bertz CT molecular complexity index is 915. The molecule has 3 rings (SSSR count). The van der Waals surface area contributed by atoms with Gasteiger partial charge in [0.25, 0.3) is 0 Å². The van der Waals surface area contributed by atoms with Gasteiger partial charge >= 0.3 is 11.9 Å². The van der Waals surface area contributed by atoms with Gasteiger partial charge < -0.3 is 15.2 Å². The monoisotopic (exact) mass is 438 g/mol. The van der Waals surface area contributed by atoms with Crippen molar-refractivity contribution in [2.75, 3.05) is 0 Å². The molecule has 0 amide bonds. The first kappa shape index (κ1) is 25.1. The molecule has 0 radical (unpaired) electrons. The van der Waals surface area contributed by atoms with Crippen molar-refractivity contribution in [3.8, 4) is 0 Å². The Morgan fingerprint density at radius 1 is 0.781 bits per heavy atom. The average molecular weight is 439 g/mol. The van der Waals surface area contributed by atoms with E-state index in [1.807, 2.05) is 12.4 Å². The second kappa shape index (κ2) is 14.0. The molecule has 0 fully saturated rings. The zero-order chi connectivity index (χ0) is 23.2. The highest BCUT2D eigenvalue weighted by Crippen LogP contribution is 2.23. The van der Waals surface area contributed by atoms with Crippen molar-refractivity contribution in [3.63, 3.8) is 0 Å². The van der Waals surface area contributed by atoms with E-state index in [1.165, 1.54) is 69.9 Å². The number of nitrogens with zero attached hydrogens (tertiary/aromatic N) is 1. The molecule has 32 heavy (non-hydrogen) atoms. The number of aromatic nitrogens is 2. The van der Waals surface area contributed by atoms with Gasteiger partial charge in [0.05, 0.1) is 11.1 Å². The van der Waals surface area contributed by atoms with E-state index in [9.17, 15) is 9.59 Å². The Kier molecular flexibility index (Phi) is 11.0. The first-order valence-corrected chi connectivity index (χ1v) is 11.5. The van der Waals surface area contributed by atoms with Gasteiger partial charge in [0.2, 0.25) is 0 Å². The van der Waals surface area contributed by atoms with Crippen molar-refractivity contribution in [1.82, 2.24) is 9.97 Å². The molecule has 0 unspecified atom stereocenters. The van der Waals surface area contributed by atoms with Crippen LogP contribution in [0.4, 0.5) is 0 Å². The minimum absolute atomic E-state index is 0.112. The smallest absolute Gasteiger partial charge is 0.336 e. The number of aryl methyl sites for hydroxylation is 1. The van der Waals surface area contributed by atoms with Crippen LogP contribution < -0.4 is 0 Å². The summed E-state index contributed by atoms with van der Waals surface area (Å²) in [6.07, 6.45) is 17.4. The third-order valence-corrected chi connectivity index (χ3v) is 5.46. The van der Waals surface area contributed by atoms with Gasteiger partial charge in [0, 0.05) is 18.8 Å². The van der Waals surface area contributed by atoms with Gasteiger partial charge in [-0.25, -0.2) is 14.6 Å². The number of rotatable bonds is 12. The lowest BCUT2D eigenvalue weighted by Crippen LogP contribution is -2.02. The van der Waals surface area contributed by atoms with Crippen LogP contribution in [0.5, 0.6) is 0 Å². The molecule has 0 aliphatic carbocycles. The fourth-order valence-corrected chi connectivity index (χ4v) is 3.71. The Morgan fingerprint density at radius 3 is 1.72 bits per heavy atom. The zero-order valence-corrected chi connectivity index (χ0v) is 18.8. The van der Waals surface area contributed by atoms with E-state index in [1.54, 1.807) is 24.3 Å². The fraction of sp³-hybridized carbons (Fsp3) is 0.423. The Hall–Kier alpha value is -3.15. The van der Waals surface area contributed by atoms with Crippen molar-refractivity contribution in [1.29, 1.82) is 0 Å². The molecule has 1 heterocycles. The first-order chi connectivity index (χ1) is 15.5. The SMILES string of the molecule is CCCCCCCCCCCc1ncc[nH]1.O=C(O)c1ccc(C(=O)O)c2ccccc12. The van der Waals surface area contributed by atoms with E-state index in [4.69, 9.17) is 10.2 Å². The molecule has 3 N–H and O–H groups in total. The number of carboxylic acids is 2. The standard InChI is InChI=1S/C14H26N2.C12H8O4/c1-2-3-4-5-6-7-8-9-10-11-14-15-12-13-16-14;13-11(14)9-5-6-10(12(15)16)8-4-2-1-3-7(8)9/h12-13H,2-11H2,1H3,(H,15,16);1-6H,(H,13,14)(H,15,16). The van der Waals surface area contributed by atoms with Crippen molar-refractivity contribution in [3.05, 3.63) is 65.7 Å². The maximum atomic E-state index is 10.9. The number of unbranched alkanes of at least 4 members (excludes halogenated alkanes) is 8. The highest BCUT2D eigenvalue weighted by molar-refractivity contribution is 6.10. The minimum Gasteiger partial charge on any atom is -0.478 e. The molecular formula is C26H34N2O4. The van der Waals surface area contributed by atoms with Crippen LogP contribution in [0.15, 0.2) is 48.8 Å². The Balaban J connectivity index is 0.000000227. The number of aromatic carboxylic acids is 2. The Labute approximate surface area is 189 Å². The summed E-state index contributed by atoms with van der Waals surface area (Å²) in [5.41, 5.74) is 0.223. The molecule has 0 aliphatic rings. The molecule has 3 aromatic rings. The molecule has 0 spiro atoms. The maximum absolute atomic E-state index is 10.9. The van der Waals surface area contributed by atoms with Crippen LogP contribution in [0.25, 0.3) is 10.8 Å². The van der Waals surface area contributed by atoms with E-state index in [0.717, 1.165) is 12.2 Å². The predicted octanol–water partition coefficient (Wildman–Crippen LogP) is 6.72. The second-order valence-corrected chi connectivity index (χ2v) is 7.93. The molecule has 0 atom stereocenters. The van der Waals surface area contributed by atoms with E-state index in [-0.39, 0.29) is 11.1 Å². The zero-order valence-electron chi connectivity index (χ0n) is 18.8. The quantitative estimate of drug-likeness (QED) is 0.272. The number of carboxylic acid groups (broad SMARTS) is 2. The summed E-state index contributed by atoms with van der Waals surface area (Å²) in [5, 5.41) is 18.8. The lowest BCUT2D eigenvalue weighted by Gasteiger charge is -2.05. The van der Waals surface area contributed by atoms with E-state index >= 15 is 0 Å². The number of hydrogen-bond donors (Lipinski definition) is 3. The number of imidazole rings is 1. The van der Waals surface area contributed by atoms with Crippen LogP contribution in [0, 0.1) is 0 Å². The molecule has 6 nitrogen and oxygen atoms in total. The summed E-state index contributed by atoms with van der Waals surface area (Å²) < 4.78 is 0. The van der Waals surface area contributed by atoms with E-state index < -0.39 is 11.9 Å². The van der Waals surface area contributed by atoms with Gasteiger partial charge in [-0.05, 0) is 29.3 Å². The highest BCUT2D eigenvalue weighted by atomic mass is 16.4. The van der Waals surface area contributed by atoms with Gasteiger partial charge in [0.15, 0.2) is 0 Å². The summed E-state index contributed by atoms with van der Waals surface area (Å²) in [6, 6.07) is 9.19. The highest BCUT2D eigenvalue weighted by Gasteiger charge is 2.14. The largest absolute Gasteiger partial charge is 0.478 e. The van der Waals surface area contributed by atoms with Crippen LogP contribution >= 0.6 is 0 Å². The second-order valence-electron chi connectivity index (χ2n) is 7.93. The molecule has 0 aliphatic heterocycles. The molecule has 2 aromatic carbocycles. The van der Waals surface area contributed by atoms with Crippen molar-refractivity contribution < 1.29 is 19.8 Å².